The van der Waals surface area contributed by atoms with Crippen molar-refractivity contribution < 1.29 is 23.9 Å². The molecule has 1 aliphatic heterocycles. The van der Waals surface area contributed by atoms with Gasteiger partial charge >= 0.3 is 5.91 Å². The molecule has 0 bridgehead atoms. The lowest BCUT2D eigenvalue weighted by atomic mass is 9.96. The number of benzene rings is 2. The minimum absolute atomic E-state index is 0.0342. The molecule has 1 heterocycles. The highest BCUT2D eigenvalue weighted by Gasteiger charge is 2.38. The summed E-state index contributed by atoms with van der Waals surface area (Å²) >= 11 is 0. The smallest absolute Gasteiger partial charge is 0.302 e. The van der Waals surface area contributed by atoms with Crippen LogP contribution in [0, 0.1) is 0 Å². The monoisotopic (exact) mass is 325 g/mol. The summed E-state index contributed by atoms with van der Waals surface area (Å²) in [6, 6.07) is 11.8. The van der Waals surface area contributed by atoms with Gasteiger partial charge < -0.3 is 9.47 Å². The lowest BCUT2D eigenvalue weighted by molar-refractivity contribution is -0.124. The molecule has 0 fully saturated rings. The first kappa shape index (κ1) is 15.7. The molecule has 0 saturated heterocycles. The van der Waals surface area contributed by atoms with Gasteiger partial charge in [0.25, 0.3) is 11.7 Å². The molecule has 2 aromatic rings. The second-order valence-electron chi connectivity index (χ2n) is 5.26. The normalized spacial score (nSPS) is 13.8. The maximum atomic E-state index is 12.7. The van der Waals surface area contributed by atoms with Crippen LogP contribution in [0.5, 0.6) is 11.5 Å². The van der Waals surface area contributed by atoms with Crippen molar-refractivity contribution in [3.63, 3.8) is 0 Å². The molecule has 6 heteroatoms. The van der Waals surface area contributed by atoms with E-state index in [0.29, 0.717) is 11.5 Å². The molecule has 0 aromatic heterocycles. The zero-order valence-corrected chi connectivity index (χ0v) is 13.2. The molecule has 6 nitrogen and oxygen atoms in total. The van der Waals surface area contributed by atoms with Crippen molar-refractivity contribution in [1.82, 2.24) is 4.90 Å². The van der Waals surface area contributed by atoms with E-state index in [1.807, 2.05) is 6.07 Å². The topological polar surface area (TPSA) is 72.9 Å². The molecule has 0 N–H and O–H groups in total. The first-order chi connectivity index (χ1) is 11.6. The Morgan fingerprint density at radius 2 is 1.42 bits per heavy atom. The standard InChI is InChI=1S/C18H15NO5/c1-23-14-8-12-13(9-15(14)24-2)17(21)19(18(22)16(12)20)10-11-6-4-3-5-7-11/h3-9H,10H2,1-2H3. The van der Waals surface area contributed by atoms with E-state index >= 15 is 0 Å². The van der Waals surface area contributed by atoms with Crippen LogP contribution in [-0.4, -0.2) is 36.7 Å². The van der Waals surface area contributed by atoms with Crippen molar-refractivity contribution in [3.8, 4) is 11.5 Å². The minimum atomic E-state index is -0.844. The molecule has 2 amide bonds. The van der Waals surface area contributed by atoms with Gasteiger partial charge in [0.1, 0.15) is 0 Å². The molecule has 24 heavy (non-hydrogen) atoms. The lowest BCUT2D eigenvalue weighted by Gasteiger charge is -2.26. The number of hydrogen-bond acceptors (Lipinski definition) is 5. The Labute approximate surface area is 138 Å². The van der Waals surface area contributed by atoms with Crippen LogP contribution >= 0.6 is 0 Å². The number of hydrogen-bond donors (Lipinski definition) is 0. The van der Waals surface area contributed by atoms with Gasteiger partial charge in [-0.05, 0) is 17.7 Å². The van der Waals surface area contributed by atoms with Gasteiger partial charge in [0.05, 0.1) is 26.3 Å². The van der Waals surface area contributed by atoms with Crippen LogP contribution in [0.2, 0.25) is 0 Å². The van der Waals surface area contributed by atoms with Crippen LogP contribution < -0.4 is 9.47 Å². The average Bonchev–Trinajstić information content (AvgIpc) is 2.63. The van der Waals surface area contributed by atoms with Crippen LogP contribution in [0.1, 0.15) is 26.3 Å². The molecule has 1 aliphatic rings. The van der Waals surface area contributed by atoms with Crippen molar-refractivity contribution in [1.29, 1.82) is 0 Å². The Bertz CT molecular complexity index is 829. The number of carbonyl (C=O) groups excluding carboxylic acids is 3. The van der Waals surface area contributed by atoms with Crippen molar-refractivity contribution in [3.05, 3.63) is 59.2 Å². The van der Waals surface area contributed by atoms with Gasteiger partial charge in [-0.15, -0.1) is 0 Å². The highest BCUT2D eigenvalue weighted by Crippen LogP contribution is 2.33. The Hall–Kier alpha value is -3.15. The third kappa shape index (κ3) is 2.52. The number of methoxy groups -OCH3 is 2. The highest BCUT2D eigenvalue weighted by atomic mass is 16.5. The summed E-state index contributed by atoms with van der Waals surface area (Å²) in [5, 5.41) is 0. The first-order valence-electron chi connectivity index (χ1n) is 7.27. The van der Waals surface area contributed by atoms with Crippen molar-refractivity contribution in [2.24, 2.45) is 0 Å². The fourth-order valence-electron chi connectivity index (χ4n) is 2.63. The summed E-state index contributed by atoms with van der Waals surface area (Å²) in [4.78, 5) is 38.4. The van der Waals surface area contributed by atoms with Gasteiger partial charge in [-0.25, -0.2) is 0 Å². The number of carbonyl (C=O) groups is 3. The molecule has 0 aliphatic carbocycles. The van der Waals surface area contributed by atoms with Gasteiger partial charge in [0.15, 0.2) is 11.5 Å². The predicted molar refractivity (Wildman–Crippen MR) is 85.2 cm³/mol. The summed E-state index contributed by atoms with van der Waals surface area (Å²) in [6.45, 7) is 0.0397. The maximum Gasteiger partial charge on any atom is 0.302 e. The first-order valence-corrected chi connectivity index (χ1v) is 7.27. The number of imide groups is 1. The highest BCUT2D eigenvalue weighted by molar-refractivity contribution is 6.49. The second-order valence-corrected chi connectivity index (χ2v) is 5.26. The molecule has 0 radical (unpaired) electrons. The summed E-state index contributed by atoms with van der Waals surface area (Å²) in [6.07, 6.45) is 0. The van der Waals surface area contributed by atoms with E-state index in [0.717, 1.165) is 10.5 Å². The van der Waals surface area contributed by atoms with E-state index in [1.165, 1.54) is 26.4 Å². The molecule has 0 spiro atoms. The summed E-state index contributed by atoms with van der Waals surface area (Å²) in [5.41, 5.74) is 0.927. The maximum absolute atomic E-state index is 12.7. The molecule has 3 rings (SSSR count). The molecule has 0 atom stereocenters. The summed E-state index contributed by atoms with van der Waals surface area (Å²) in [7, 11) is 2.86. The minimum Gasteiger partial charge on any atom is -0.493 e. The number of fused-ring (bicyclic) bond motifs is 1. The fraction of sp³-hybridized carbons (Fsp3) is 0.167. The molecular weight excluding hydrogens is 310 g/mol. The Balaban J connectivity index is 2.05. The Kier molecular flexibility index (Phi) is 4.04. The quantitative estimate of drug-likeness (QED) is 0.635. The Morgan fingerprint density at radius 1 is 0.833 bits per heavy atom. The van der Waals surface area contributed by atoms with E-state index in [1.54, 1.807) is 24.3 Å². The number of amides is 2. The van der Waals surface area contributed by atoms with Gasteiger partial charge in [0.2, 0.25) is 0 Å². The number of nitrogens with zero attached hydrogens (tertiary/aromatic N) is 1. The Morgan fingerprint density at radius 3 is 2.00 bits per heavy atom. The predicted octanol–water partition coefficient (Wildman–Crippen LogP) is 2.07. The van der Waals surface area contributed by atoms with E-state index < -0.39 is 17.6 Å². The summed E-state index contributed by atoms with van der Waals surface area (Å²) < 4.78 is 10.3. The van der Waals surface area contributed by atoms with E-state index in [9.17, 15) is 14.4 Å². The third-order valence-corrected chi connectivity index (χ3v) is 3.87. The van der Waals surface area contributed by atoms with Crippen LogP contribution in [0.15, 0.2) is 42.5 Å². The molecule has 0 saturated carbocycles. The summed E-state index contributed by atoms with van der Waals surface area (Å²) in [5.74, 6) is -1.49. The number of ether oxygens (including phenoxy) is 2. The second kappa shape index (κ2) is 6.16. The zero-order valence-electron chi connectivity index (χ0n) is 13.2. The van der Waals surface area contributed by atoms with Crippen molar-refractivity contribution in [2.45, 2.75) is 6.54 Å². The van der Waals surface area contributed by atoms with E-state index in [-0.39, 0.29) is 17.7 Å². The van der Waals surface area contributed by atoms with E-state index in [2.05, 4.69) is 0 Å². The van der Waals surface area contributed by atoms with Crippen molar-refractivity contribution >= 4 is 17.6 Å². The fourth-order valence-corrected chi connectivity index (χ4v) is 2.63. The van der Waals surface area contributed by atoms with Crippen molar-refractivity contribution in [2.75, 3.05) is 14.2 Å². The third-order valence-electron chi connectivity index (χ3n) is 3.87. The van der Waals surface area contributed by atoms with Gasteiger partial charge in [-0.2, -0.15) is 0 Å². The van der Waals surface area contributed by atoms with Crippen LogP contribution in [0.4, 0.5) is 0 Å². The number of Topliss-reactive ketones (excluding diaryl/α,β-unsaturated/α-hetero) is 1. The molecule has 2 aromatic carbocycles. The van der Waals surface area contributed by atoms with Crippen LogP contribution in [-0.2, 0) is 11.3 Å². The van der Waals surface area contributed by atoms with Crippen LogP contribution in [0.25, 0.3) is 0 Å². The van der Waals surface area contributed by atoms with Crippen LogP contribution in [0.3, 0.4) is 0 Å². The lowest BCUT2D eigenvalue weighted by Crippen LogP contribution is -2.45. The average molecular weight is 325 g/mol. The molecule has 122 valence electrons. The van der Waals surface area contributed by atoms with Gasteiger partial charge in [-0.3, -0.25) is 19.3 Å². The number of ketones is 1. The van der Waals surface area contributed by atoms with Gasteiger partial charge in [0, 0.05) is 5.56 Å². The number of rotatable bonds is 4. The SMILES string of the molecule is COc1cc2c(cc1OC)C(=O)N(Cc1ccccc1)C(=O)C2=O. The molecular formula is C18H15NO5. The van der Waals surface area contributed by atoms with E-state index in [4.69, 9.17) is 9.47 Å². The largest absolute Gasteiger partial charge is 0.493 e. The zero-order chi connectivity index (χ0) is 17.3. The molecule has 0 unspecified atom stereocenters. The van der Waals surface area contributed by atoms with Gasteiger partial charge in [-0.1, -0.05) is 30.3 Å².